The van der Waals surface area contributed by atoms with Gasteiger partial charge in [-0.05, 0) is 44.2 Å². The van der Waals surface area contributed by atoms with Gasteiger partial charge in [0.05, 0.1) is 12.7 Å². The molecule has 31 heavy (non-hydrogen) atoms. The van der Waals surface area contributed by atoms with Gasteiger partial charge in [-0.3, -0.25) is 9.69 Å². The molecule has 9 heteroatoms. The fraction of sp³-hybridized carbons (Fsp3) is 0.636. The van der Waals surface area contributed by atoms with Crippen LogP contribution in [0, 0.1) is 24.7 Å². The Hall–Kier alpha value is -2.13. The molecule has 2 aliphatic heterocycles. The van der Waals surface area contributed by atoms with Crippen LogP contribution in [0.5, 0.6) is 0 Å². The van der Waals surface area contributed by atoms with Crippen LogP contribution in [0.3, 0.4) is 0 Å². The average molecular weight is 442 g/mol. The van der Waals surface area contributed by atoms with E-state index in [0.29, 0.717) is 18.4 Å². The number of hydrogen-bond acceptors (Lipinski definition) is 4. The van der Waals surface area contributed by atoms with Crippen molar-refractivity contribution >= 4 is 11.9 Å². The Morgan fingerprint density at radius 2 is 1.84 bits per heavy atom. The van der Waals surface area contributed by atoms with Gasteiger partial charge in [0.1, 0.15) is 0 Å². The van der Waals surface area contributed by atoms with Gasteiger partial charge in [-0.15, -0.1) is 0 Å². The number of likely N-dealkylation sites (tertiary alicyclic amines) is 1. The molecular formula is C22H29F3N2O4. The number of ether oxygens (including phenoxy) is 1. The molecule has 4 rings (SSSR count). The number of carbonyl (C=O) groups is 2. The van der Waals surface area contributed by atoms with Gasteiger partial charge in [-0.25, -0.2) is 4.79 Å². The van der Waals surface area contributed by atoms with Crippen molar-refractivity contribution in [3.05, 3.63) is 35.4 Å². The molecule has 0 bridgehead atoms. The second-order valence-electron chi connectivity index (χ2n) is 8.63. The van der Waals surface area contributed by atoms with Gasteiger partial charge in [0, 0.05) is 31.5 Å². The summed E-state index contributed by atoms with van der Waals surface area (Å²) in [6.07, 6.45) is -1.55. The fourth-order valence-corrected chi connectivity index (χ4v) is 4.10. The van der Waals surface area contributed by atoms with Crippen LogP contribution in [0.25, 0.3) is 0 Å². The van der Waals surface area contributed by atoms with Gasteiger partial charge in [-0.1, -0.05) is 29.8 Å². The van der Waals surface area contributed by atoms with Crippen molar-refractivity contribution in [2.75, 3.05) is 26.2 Å². The molecule has 1 saturated carbocycles. The second-order valence-corrected chi connectivity index (χ2v) is 8.63. The molecule has 0 unspecified atom stereocenters. The fourth-order valence-electron chi connectivity index (χ4n) is 4.10. The summed E-state index contributed by atoms with van der Waals surface area (Å²) in [5.41, 5.74) is 2.70. The number of nitrogens with zero attached hydrogens (tertiary/aromatic N) is 1. The van der Waals surface area contributed by atoms with Gasteiger partial charge in [0.15, 0.2) is 0 Å². The van der Waals surface area contributed by atoms with Crippen molar-refractivity contribution in [1.82, 2.24) is 10.2 Å². The number of carbonyl (C=O) groups excluding carboxylic acids is 1. The number of carboxylic acid groups (broad SMARTS) is 1. The van der Waals surface area contributed by atoms with E-state index in [0.717, 1.165) is 39.1 Å². The van der Waals surface area contributed by atoms with Crippen LogP contribution in [0.1, 0.15) is 30.4 Å². The minimum atomic E-state index is -5.08. The van der Waals surface area contributed by atoms with E-state index >= 15 is 0 Å². The highest BCUT2D eigenvalue weighted by Gasteiger charge is 2.41. The lowest BCUT2D eigenvalue weighted by Gasteiger charge is -2.36. The number of hydrogen-bond donors (Lipinski definition) is 2. The minimum Gasteiger partial charge on any atom is -0.475 e. The van der Waals surface area contributed by atoms with E-state index in [-0.39, 0.29) is 17.9 Å². The third kappa shape index (κ3) is 6.93. The van der Waals surface area contributed by atoms with Crippen molar-refractivity contribution < 1.29 is 32.6 Å². The number of alkyl halides is 3. The number of piperidine rings is 1. The van der Waals surface area contributed by atoms with Crippen LogP contribution >= 0.6 is 0 Å². The Kier molecular flexibility index (Phi) is 7.59. The summed E-state index contributed by atoms with van der Waals surface area (Å²) in [7, 11) is 0. The third-order valence-corrected chi connectivity index (χ3v) is 6.09. The normalized spacial score (nSPS) is 25.9. The van der Waals surface area contributed by atoms with Gasteiger partial charge in [0.25, 0.3) is 0 Å². The number of fused-ring (bicyclic) bond motifs is 1. The molecule has 0 radical (unpaired) electrons. The summed E-state index contributed by atoms with van der Waals surface area (Å²) in [6.45, 7) is 6.94. The highest BCUT2D eigenvalue weighted by Crippen LogP contribution is 2.35. The van der Waals surface area contributed by atoms with Crippen molar-refractivity contribution in [3.8, 4) is 0 Å². The molecule has 1 aromatic rings. The first kappa shape index (κ1) is 23.5. The van der Waals surface area contributed by atoms with E-state index in [1.807, 2.05) is 0 Å². The molecule has 2 saturated heterocycles. The molecule has 0 aromatic heterocycles. The number of carboxylic acids is 1. The first-order valence-corrected chi connectivity index (χ1v) is 10.6. The third-order valence-electron chi connectivity index (χ3n) is 6.09. The summed E-state index contributed by atoms with van der Waals surface area (Å²) in [6, 6.07) is 8.85. The molecule has 1 aromatic carbocycles. The maximum atomic E-state index is 11.9. The Bertz CT molecular complexity index is 765. The van der Waals surface area contributed by atoms with Gasteiger partial charge in [-0.2, -0.15) is 13.2 Å². The number of benzene rings is 1. The topological polar surface area (TPSA) is 78.9 Å². The number of aryl methyl sites for hydroxylation is 1. The van der Waals surface area contributed by atoms with Crippen LogP contribution in [0.4, 0.5) is 13.2 Å². The predicted octanol–water partition coefficient (Wildman–Crippen LogP) is 2.99. The van der Waals surface area contributed by atoms with Crippen molar-refractivity contribution in [3.63, 3.8) is 0 Å². The minimum absolute atomic E-state index is 0.193. The van der Waals surface area contributed by atoms with Crippen LogP contribution in [-0.4, -0.2) is 60.4 Å². The van der Waals surface area contributed by atoms with Crippen molar-refractivity contribution in [2.45, 2.75) is 45.0 Å². The van der Waals surface area contributed by atoms with E-state index < -0.39 is 12.1 Å². The van der Waals surface area contributed by atoms with Crippen LogP contribution < -0.4 is 5.32 Å². The molecule has 3 atom stereocenters. The molecular weight excluding hydrogens is 413 g/mol. The predicted molar refractivity (Wildman–Crippen MR) is 107 cm³/mol. The van der Waals surface area contributed by atoms with E-state index in [1.54, 1.807) is 0 Å². The maximum Gasteiger partial charge on any atom is 0.490 e. The Morgan fingerprint density at radius 1 is 1.19 bits per heavy atom. The first-order chi connectivity index (χ1) is 14.6. The molecule has 2 N–H and O–H groups in total. The van der Waals surface area contributed by atoms with Crippen LogP contribution in [0.15, 0.2) is 24.3 Å². The quantitative estimate of drug-likeness (QED) is 0.733. The summed E-state index contributed by atoms with van der Waals surface area (Å²) < 4.78 is 37.8. The van der Waals surface area contributed by atoms with Crippen LogP contribution in [-0.2, 0) is 20.9 Å². The van der Waals surface area contributed by atoms with Crippen molar-refractivity contribution in [2.24, 2.45) is 17.8 Å². The van der Waals surface area contributed by atoms with E-state index in [1.165, 1.54) is 17.5 Å². The zero-order valence-corrected chi connectivity index (χ0v) is 17.5. The van der Waals surface area contributed by atoms with E-state index in [4.69, 9.17) is 14.6 Å². The number of halogens is 3. The standard InChI is InChI=1S/C20H28N2O2.C2HF3O2/c1-14-2-4-15(5-3-14)11-22-9-8-17-13-24-19(18(17)12-22)10-21-20(23)16-6-7-16;3-2(4,5)1(6)7/h2-5,16-19H,6-13H2,1H3,(H,21,23);(H,6,7)/t17-,18-,19+;/m0./s1. The lowest BCUT2D eigenvalue weighted by atomic mass is 9.84. The molecule has 6 nitrogen and oxygen atoms in total. The molecule has 0 spiro atoms. The molecule has 1 amide bonds. The highest BCUT2D eigenvalue weighted by molar-refractivity contribution is 5.80. The molecule has 1 aliphatic carbocycles. The number of rotatable bonds is 5. The molecule has 2 heterocycles. The monoisotopic (exact) mass is 442 g/mol. The van der Waals surface area contributed by atoms with E-state index in [9.17, 15) is 18.0 Å². The highest BCUT2D eigenvalue weighted by atomic mass is 19.4. The van der Waals surface area contributed by atoms with E-state index in [2.05, 4.69) is 41.4 Å². The lowest BCUT2D eigenvalue weighted by Crippen LogP contribution is -2.45. The molecule has 3 fully saturated rings. The largest absolute Gasteiger partial charge is 0.490 e. The Morgan fingerprint density at radius 3 is 2.42 bits per heavy atom. The zero-order valence-electron chi connectivity index (χ0n) is 17.5. The smallest absolute Gasteiger partial charge is 0.475 e. The Balaban J connectivity index is 0.000000339. The maximum absolute atomic E-state index is 11.9. The second kappa shape index (κ2) is 9.99. The SMILES string of the molecule is Cc1ccc(CN2CC[C@H]3CO[C@H](CNC(=O)C4CC4)[C@H]3C2)cc1.O=C(O)C(F)(F)F. The molecule has 172 valence electrons. The summed E-state index contributed by atoms with van der Waals surface area (Å²) in [4.78, 5) is 23.3. The van der Waals surface area contributed by atoms with Gasteiger partial charge >= 0.3 is 12.1 Å². The molecule has 3 aliphatic rings. The number of nitrogens with one attached hydrogen (secondary N) is 1. The summed E-state index contributed by atoms with van der Waals surface area (Å²) in [5.74, 6) is -1.01. The summed E-state index contributed by atoms with van der Waals surface area (Å²) >= 11 is 0. The summed E-state index contributed by atoms with van der Waals surface area (Å²) in [5, 5.41) is 10.2. The Labute approximate surface area is 179 Å². The average Bonchev–Trinajstić information content (AvgIpc) is 3.49. The zero-order chi connectivity index (χ0) is 22.6. The lowest BCUT2D eigenvalue weighted by molar-refractivity contribution is -0.192. The number of aliphatic carboxylic acids is 1. The number of amides is 1. The van der Waals surface area contributed by atoms with Gasteiger partial charge in [0.2, 0.25) is 5.91 Å². The van der Waals surface area contributed by atoms with Crippen molar-refractivity contribution in [1.29, 1.82) is 0 Å². The first-order valence-electron chi connectivity index (χ1n) is 10.6. The van der Waals surface area contributed by atoms with Crippen LogP contribution in [0.2, 0.25) is 0 Å². The van der Waals surface area contributed by atoms with Gasteiger partial charge < -0.3 is 15.2 Å².